The molecule has 0 atom stereocenters. The first kappa shape index (κ1) is 8.06. The molecule has 1 heteroatoms. The molecule has 0 heterocycles. The Bertz CT molecular complexity index is 103. The lowest BCUT2D eigenvalue weighted by Gasteiger charge is -2.39. The van der Waals surface area contributed by atoms with E-state index in [1.54, 1.807) is 0 Å². The van der Waals surface area contributed by atoms with E-state index in [1.807, 2.05) is 0 Å². The second kappa shape index (κ2) is 2.91. The first-order valence-electron chi connectivity index (χ1n) is 4.27. The number of rotatable bonds is 3. The fraction of sp³-hybridized carbons (Fsp3) is 1.00. The van der Waals surface area contributed by atoms with Crippen molar-refractivity contribution in [1.82, 2.24) is 4.90 Å². The Morgan fingerprint density at radius 3 is 2.20 bits per heavy atom. The summed E-state index contributed by atoms with van der Waals surface area (Å²) in [5.41, 5.74) is 0.713. The normalized spacial score (nSPS) is 22.8. The van der Waals surface area contributed by atoms with Crippen molar-refractivity contribution in [2.75, 3.05) is 20.6 Å². The molecule has 0 spiro atoms. The second-order valence-electron chi connectivity index (χ2n) is 4.22. The zero-order chi connectivity index (χ0) is 7.61. The van der Waals surface area contributed by atoms with Crippen LogP contribution in [-0.4, -0.2) is 25.5 Å². The van der Waals surface area contributed by atoms with Crippen LogP contribution in [0.4, 0.5) is 0 Å². The van der Waals surface area contributed by atoms with Crippen molar-refractivity contribution in [3.8, 4) is 0 Å². The molecule has 0 N–H and O–H groups in total. The highest BCUT2D eigenvalue weighted by atomic mass is 15.0. The molecule has 0 aromatic rings. The predicted molar refractivity (Wildman–Crippen MR) is 45.1 cm³/mol. The molecule has 0 aromatic carbocycles. The highest BCUT2D eigenvalue weighted by Crippen LogP contribution is 2.43. The minimum absolute atomic E-state index is 0.713. The van der Waals surface area contributed by atoms with Gasteiger partial charge in [-0.05, 0) is 45.3 Å². The van der Waals surface area contributed by atoms with Gasteiger partial charge in [0.2, 0.25) is 0 Å². The van der Waals surface area contributed by atoms with Gasteiger partial charge in [-0.2, -0.15) is 0 Å². The first-order chi connectivity index (χ1) is 4.62. The summed E-state index contributed by atoms with van der Waals surface area (Å²) in [6.07, 6.45) is 5.77. The van der Waals surface area contributed by atoms with Crippen LogP contribution in [0.3, 0.4) is 0 Å². The molecular weight excluding hydrogens is 122 g/mol. The van der Waals surface area contributed by atoms with Gasteiger partial charge < -0.3 is 4.90 Å². The van der Waals surface area contributed by atoms with Crippen molar-refractivity contribution < 1.29 is 0 Å². The summed E-state index contributed by atoms with van der Waals surface area (Å²) in [4.78, 5) is 2.28. The number of hydrogen-bond donors (Lipinski definition) is 0. The van der Waals surface area contributed by atoms with Gasteiger partial charge in [0.05, 0.1) is 0 Å². The van der Waals surface area contributed by atoms with Gasteiger partial charge in [-0.25, -0.2) is 0 Å². The molecule has 0 aliphatic heterocycles. The highest BCUT2D eigenvalue weighted by molar-refractivity contribution is 4.83. The molecule has 0 saturated heterocycles. The fourth-order valence-corrected chi connectivity index (χ4v) is 1.52. The molecule has 0 amide bonds. The van der Waals surface area contributed by atoms with Gasteiger partial charge in [0.25, 0.3) is 0 Å². The van der Waals surface area contributed by atoms with Crippen LogP contribution >= 0.6 is 0 Å². The van der Waals surface area contributed by atoms with Crippen LogP contribution in [0.15, 0.2) is 0 Å². The van der Waals surface area contributed by atoms with Gasteiger partial charge >= 0.3 is 0 Å². The molecule has 1 nitrogen and oxygen atoms in total. The van der Waals surface area contributed by atoms with E-state index < -0.39 is 0 Å². The van der Waals surface area contributed by atoms with Crippen molar-refractivity contribution in [3.05, 3.63) is 0 Å². The maximum absolute atomic E-state index is 2.42. The first-order valence-corrected chi connectivity index (χ1v) is 4.27. The third-order valence-corrected chi connectivity index (χ3v) is 2.72. The lowest BCUT2D eigenvalue weighted by atomic mass is 9.68. The van der Waals surface area contributed by atoms with Gasteiger partial charge in [-0.15, -0.1) is 0 Å². The molecule has 0 bridgehead atoms. The summed E-state index contributed by atoms with van der Waals surface area (Å²) in [6.45, 7) is 3.68. The molecule has 1 saturated carbocycles. The Kier molecular flexibility index (Phi) is 2.35. The summed E-state index contributed by atoms with van der Waals surface area (Å²) in [7, 11) is 4.31. The smallest absolute Gasteiger partial charge is 0.00196 e. The fourth-order valence-electron chi connectivity index (χ4n) is 1.52. The topological polar surface area (TPSA) is 3.24 Å². The molecule has 1 aliphatic rings. The molecule has 0 radical (unpaired) electrons. The summed E-state index contributed by atoms with van der Waals surface area (Å²) in [5.74, 6) is 0. The van der Waals surface area contributed by atoms with Crippen molar-refractivity contribution in [3.63, 3.8) is 0 Å². The van der Waals surface area contributed by atoms with Crippen LogP contribution in [-0.2, 0) is 0 Å². The molecule has 60 valence electrons. The van der Waals surface area contributed by atoms with Crippen molar-refractivity contribution >= 4 is 0 Å². The standard InChI is InChI=1S/C9H19N/c1-9(5-4-6-9)7-8-10(2)3/h4-8H2,1-3H3. The van der Waals surface area contributed by atoms with Gasteiger partial charge in [-0.1, -0.05) is 13.3 Å². The van der Waals surface area contributed by atoms with E-state index in [4.69, 9.17) is 0 Å². The molecule has 1 aliphatic carbocycles. The Labute approximate surface area is 64.4 Å². The van der Waals surface area contributed by atoms with Crippen LogP contribution in [0, 0.1) is 5.41 Å². The van der Waals surface area contributed by atoms with Gasteiger partial charge in [0.15, 0.2) is 0 Å². The maximum atomic E-state index is 2.42. The van der Waals surface area contributed by atoms with Crippen molar-refractivity contribution in [2.45, 2.75) is 32.6 Å². The molecule has 0 aromatic heterocycles. The average molecular weight is 141 g/mol. The summed E-state index contributed by atoms with van der Waals surface area (Å²) >= 11 is 0. The SMILES string of the molecule is CN(C)CCC1(C)CCC1. The zero-order valence-electron chi connectivity index (χ0n) is 7.48. The quantitative estimate of drug-likeness (QED) is 0.582. The van der Waals surface area contributed by atoms with E-state index in [0.717, 1.165) is 0 Å². The zero-order valence-corrected chi connectivity index (χ0v) is 7.48. The molecule has 0 unspecified atom stereocenters. The van der Waals surface area contributed by atoms with E-state index in [1.165, 1.54) is 32.2 Å². The van der Waals surface area contributed by atoms with Gasteiger partial charge in [0.1, 0.15) is 0 Å². The second-order valence-corrected chi connectivity index (χ2v) is 4.22. The molecule has 1 rings (SSSR count). The monoisotopic (exact) mass is 141 g/mol. The van der Waals surface area contributed by atoms with Crippen molar-refractivity contribution in [2.24, 2.45) is 5.41 Å². The van der Waals surface area contributed by atoms with Crippen LogP contribution < -0.4 is 0 Å². The molecular formula is C9H19N. The number of hydrogen-bond acceptors (Lipinski definition) is 1. The Balaban J connectivity index is 2.12. The van der Waals surface area contributed by atoms with Crippen molar-refractivity contribution in [1.29, 1.82) is 0 Å². The average Bonchev–Trinajstić information content (AvgIpc) is 1.79. The van der Waals surface area contributed by atoms with Gasteiger partial charge in [0, 0.05) is 0 Å². The minimum Gasteiger partial charge on any atom is -0.309 e. The third-order valence-electron chi connectivity index (χ3n) is 2.72. The van der Waals surface area contributed by atoms with E-state index in [0.29, 0.717) is 5.41 Å². The Hall–Kier alpha value is -0.0400. The van der Waals surface area contributed by atoms with E-state index >= 15 is 0 Å². The van der Waals surface area contributed by atoms with Crippen LogP contribution in [0.1, 0.15) is 32.6 Å². The summed E-state index contributed by atoms with van der Waals surface area (Å²) in [6, 6.07) is 0. The molecule has 10 heavy (non-hydrogen) atoms. The molecule has 1 fully saturated rings. The predicted octanol–water partition coefficient (Wildman–Crippen LogP) is 2.13. The highest BCUT2D eigenvalue weighted by Gasteiger charge is 2.30. The lowest BCUT2D eigenvalue weighted by molar-refractivity contribution is 0.131. The van der Waals surface area contributed by atoms with E-state index in [-0.39, 0.29) is 0 Å². The lowest BCUT2D eigenvalue weighted by Crippen LogP contribution is -2.29. The van der Waals surface area contributed by atoms with E-state index in [9.17, 15) is 0 Å². The van der Waals surface area contributed by atoms with Crippen LogP contribution in [0.5, 0.6) is 0 Å². The third kappa shape index (κ3) is 1.98. The summed E-state index contributed by atoms with van der Waals surface area (Å²) < 4.78 is 0. The van der Waals surface area contributed by atoms with Gasteiger partial charge in [-0.3, -0.25) is 0 Å². The largest absolute Gasteiger partial charge is 0.309 e. The Morgan fingerprint density at radius 2 is 1.90 bits per heavy atom. The van der Waals surface area contributed by atoms with Crippen LogP contribution in [0.2, 0.25) is 0 Å². The summed E-state index contributed by atoms with van der Waals surface area (Å²) in [5, 5.41) is 0. The minimum atomic E-state index is 0.713. The Morgan fingerprint density at radius 1 is 1.30 bits per heavy atom. The maximum Gasteiger partial charge on any atom is -0.00196 e. The van der Waals surface area contributed by atoms with Crippen LogP contribution in [0.25, 0.3) is 0 Å². The van der Waals surface area contributed by atoms with E-state index in [2.05, 4.69) is 25.9 Å². The number of nitrogens with zero attached hydrogens (tertiary/aromatic N) is 1.